The van der Waals surface area contributed by atoms with Crippen molar-refractivity contribution >= 4 is 27.5 Å². The van der Waals surface area contributed by atoms with Crippen LogP contribution in [0.5, 0.6) is 0 Å². The summed E-state index contributed by atoms with van der Waals surface area (Å²) in [6, 6.07) is 6.53. The second-order valence-corrected chi connectivity index (χ2v) is 6.42. The van der Waals surface area contributed by atoms with Crippen LogP contribution in [0.3, 0.4) is 0 Å². The van der Waals surface area contributed by atoms with Crippen molar-refractivity contribution in [3.63, 3.8) is 0 Å². The average molecular weight is 333 g/mol. The Morgan fingerprint density at radius 3 is 2.56 bits per heavy atom. The first kappa shape index (κ1) is 16.0. The number of benzene rings is 1. The SMILES string of the molecule is CCNC(CCCC(C)C)c1ccc(Br)cc1Cl. The molecule has 1 aromatic carbocycles. The van der Waals surface area contributed by atoms with E-state index in [4.69, 9.17) is 11.6 Å². The van der Waals surface area contributed by atoms with Crippen molar-refractivity contribution in [3.8, 4) is 0 Å². The molecule has 1 atom stereocenters. The minimum absolute atomic E-state index is 0.370. The van der Waals surface area contributed by atoms with E-state index in [2.05, 4.69) is 54.2 Å². The maximum atomic E-state index is 6.33. The molecule has 0 amide bonds. The van der Waals surface area contributed by atoms with Gasteiger partial charge in [-0.05, 0) is 36.6 Å². The second-order valence-electron chi connectivity index (χ2n) is 5.10. The van der Waals surface area contributed by atoms with Gasteiger partial charge in [-0.2, -0.15) is 0 Å². The van der Waals surface area contributed by atoms with Crippen LogP contribution in [-0.4, -0.2) is 6.54 Å². The first-order valence-corrected chi connectivity index (χ1v) is 7.90. The van der Waals surface area contributed by atoms with Crippen molar-refractivity contribution in [2.45, 2.75) is 46.1 Å². The minimum Gasteiger partial charge on any atom is -0.310 e. The molecule has 0 aliphatic rings. The predicted octanol–water partition coefficient (Wildman–Crippen LogP) is 5.58. The average Bonchev–Trinajstić information content (AvgIpc) is 2.28. The molecule has 0 radical (unpaired) electrons. The van der Waals surface area contributed by atoms with Gasteiger partial charge in [-0.1, -0.05) is 67.2 Å². The maximum absolute atomic E-state index is 6.33. The van der Waals surface area contributed by atoms with E-state index in [9.17, 15) is 0 Å². The lowest BCUT2D eigenvalue weighted by Gasteiger charge is -2.20. The molecular formula is C15H23BrClN. The lowest BCUT2D eigenvalue weighted by Crippen LogP contribution is -2.21. The lowest BCUT2D eigenvalue weighted by molar-refractivity contribution is 0.455. The van der Waals surface area contributed by atoms with E-state index in [-0.39, 0.29) is 0 Å². The molecule has 0 aliphatic heterocycles. The molecule has 0 saturated carbocycles. The Balaban J connectivity index is 2.70. The van der Waals surface area contributed by atoms with Crippen LogP contribution in [0.25, 0.3) is 0 Å². The number of rotatable bonds is 7. The van der Waals surface area contributed by atoms with E-state index in [1.807, 2.05) is 6.07 Å². The fraction of sp³-hybridized carbons (Fsp3) is 0.600. The number of hydrogen-bond acceptors (Lipinski definition) is 1. The van der Waals surface area contributed by atoms with Crippen molar-refractivity contribution in [2.24, 2.45) is 5.92 Å². The zero-order chi connectivity index (χ0) is 13.5. The van der Waals surface area contributed by atoms with Gasteiger partial charge < -0.3 is 5.32 Å². The Labute approximate surface area is 124 Å². The van der Waals surface area contributed by atoms with Crippen LogP contribution in [0.1, 0.15) is 51.6 Å². The minimum atomic E-state index is 0.370. The first-order chi connectivity index (χ1) is 8.54. The highest BCUT2D eigenvalue weighted by molar-refractivity contribution is 9.10. The third kappa shape index (κ3) is 5.29. The fourth-order valence-corrected chi connectivity index (χ4v) is 2.93. The standard InChI is InChI=1S/C15H23BrClN/c1-4-18-15(7-5-6-11(2)3)13-9-8-12(16)10-14(13)17/h8-11,15,18H,4-7H2,1-3H3. The third-order valence-corrected chi connectivity index (χ3v) is 3.88. The Bertz CT molecular complexity index is 366. The molecule has 0 fully saturated rings. The Hall–Kier alpha value is -0.0500. The van der Waals surface area contributed by atoms with Gasteiger partial charge in [0.2, 0.25) is 0 Å². The predicted molar refractivity (Wildman–Crippen MR) is 84.3 cm³/mol. The second kappa shape index (κ2) is 8.19. The van der Waals surface area contributed by atoms with E-state index >= 15 is 0 Å². The maximum Gasteiger partial charge on any atom is 0.0465 e. The Kier molecular flexibility index (Phi) is 7.28. The van der Waals surface area contributed by atoms with E-state index in [0.717, 1.165) is 28.4 Å². The third-order valence-electron chi connectivity index (χ3n) is 3.06. The van der Waals surface area contributed by atoms with Gasteiger partial charge >= 0.3 is 0 Å². The summed E-state index contributed by atoms with van der Waals surface area (Å²) in [5, 5.41) is 4.38. The summed E-state index contributed by atoms with van der Waals surface area (Å²) in [6.07, 6.45) is 3.66. The molecule has 0 bridgehead atoms. The largest absolute Gasteiger partial charge is 0.310 e. The summed E-state index contributed by atoms with van der Waals surface area (Å²) >= 11 is 9.78. The number of nitrogens with one attached hydrogen (secondary N) is 1. The van der Waals surface area contributed by atoms with Gasteiger partial charge in [0.25, 0.3) is 0 Å². The molecule has 102 valence electrons. The van der Waals surface area contributed by atoms with Crippen LogP contribution in [0, 0.1) is 5.92 Å². The normalized spacial score (nSPS) is 13.0. The summed E-state index contributed by atoms with van der Waals surface area (Å²) in [5.74, 6) is 0.771. The van der Waals surface area contributed by atoms with Gasteiger partial charge in [0, 0.05) is 15.5 Å². The summed E-state index contributed by atoms with van der Waals surface area (Å²) in [5.41, 5.74) is 1.21. The van der Waals surface area contributed by atoms with E-state index < -0.39 is 0 Å². The molecule has 0 saturated heterocycles. The smallest absolute Gasteiger partial charge is 0.0465 e. The quantitative estimate of drug-likeness (QED) is 0.687. The molecule has 18 heavy (non-hydrogen) atoms. The van der Waals surface area contributed by atoms with E-state index in [1.165, 1.54) is 18.4 Å². The van der Waals surface area contributed by atoms with Gasteiger partial charge in [-0.25, -0.2) is 0 Å². The van der Waals surface area contributed by atoms with Crippen LogP contribution in [0.2, 0.25) is 5.02 Å². The highest BCUT2D eigenvalue weighted by Crippen LogP contribution is 2.29. The highest BCUT2D eigenvalue weighted by Gasteiger charge is 2.13. The monoisotopic (exact) mass is 331 g/mol. The van der Waals surface area contributed by atoms with Gasteiger partial charge in [-0.3, -0.25) is 0 Å². The number of hydrogen-bond donors (Lipinski definition) is 1. The molecular weight excluding hydrogens is 310 g/mol. The van der Waals surface area contributed by atoms with Gasteiger partial charge in [0.1, 0.15) is 0 Å². The molecule has 1 aromatic rings. The van der Waals surface area contributed by atoms with E-state index in [0.29, 0.717) is 6.04 Å². The molecule has 1 unspecified atom stereocenters. The van der Waals surface area contributed by atoms with Crippen molar-refractivity contribution < 1.29 is 0 Å². The summed E-state index contributed by atoms with van der Waals surface area (Å²) in [7, 11) is 0. The molecule has 0 heterocycles. The van der Waals surface area contributed by atoms with Crippen molar-refractivity contribution in [3.05, 3.63) is 33.3 Å². The fourth-order valence-electron chi connectivity index (χ4n) is 2.13. The van der Waals surface area contributed by atoms with Crippen molar-refractivity contribution in [1.29, 1.82) is 0 Å². The first-order valence-electron chi connectivity index (χ1n) is 6.73. The zero-order valence-corrected chi connectivity index (χ0v) is 13.8. The molecule has 1 nitrogen and oxygen atoms in total. The highest BCUT2D eigenvalue weighted by atomic mass is 79.9. The van der Waals surface area contributed by atoms with Crippen LogP contribution >= 0.6 is 27.5 Å². The molecule has 0 aliphatic carbocycles. The Morgan fingerprint density at radius 1 is 1.28 bits per heavy atom. The number of halogens is 2. The van der Waals surface area contributed by atoms with Gasteiger partial charge in [-0.15, -0.1) is 0 Å². The van der Waals surface area contributed by atoms with Crippen molar-refractivity contribution in [1.82, 2.24) is 5.32 Å². The van der Waals surface area contributed by atoms with Gasteiger partial charge in [0.15, 0.2) is 0 Å². The topological polar surface area (TPSA) is 12.0 Å². The van der Waals surface area contributed by atoms with E-state index in [1.54, 1.807) is 0 Å². The van der Waals surface area contributed by atoms with Crippen molar-refractivity contribution in [2.75, 3.05) is 6.54 Å². The van der Waals surface area contributed by atoms with Crippen LogP contribution in [0.15, 0.2) is 22.7 Å². The summed E-state index contributed by atoms with van der Waals surface area (Å²) in [4.78, 5) is 0. The molecule has 0 spiro atoms. The van der Waals surface area contributed by atoms with Crippen LogP contribution in [-0.2, 0) is 0 Å². The lowest BCUT2D eigenvalue weighted by atomic mass is 9.98. The summed E-state index contributed by atoms with van der Waals surface area (Å²) in [6.45, 7) is 7.66. The van der Waals surface area contributed by atoms with Gasteiger partial charge in [0.05, 0.1) is 0 Å². The molecule has 0 aromatic heterocycles. The molecule has 1 N–H and O–H groups in total. The molecule has 1 rings (SSSR count). The Morgan fingerprint density at radius 2 is 2.00 bits per heavy atom. The molecule has 3 heteroatoms. The van der Waals surface area contributed by atoms with Crippen LogP contribution < -0.4 is 5.32 Å². The summed E-state index contributed by atoms with van der Waals surface area (Å²) < 4.78 is 1.04. The van der Waals surface area contributed by atoms with Crippen LogP contribution in [0.4, 0.5) is 0 Å². The zero-order valence-electron chi connectivity index (χ0n) is 11.5.